The van der Waals surface area contributed by atoms with E-state index >= 15 is 0 Å². The Kier molecular flexibility index (Phi) is 5.51. The maximum Gasteiger partial charge on any atom is 0.239 e. The van der Waals surface area contributed by atoms with Gasteiger partial charge in [-0.25, -0.2) is 9.97 Å². The summed E-state index contributed by atoms with van der Waals surface area (Å²) in [4.78, 5) is 21.5. The zero-order valence-electron chi connectivity index (χ0n) is 11.0. The second-order valence-electron chi connectivity index (χ2n) is 4.51. The molecular weight excluding hydrogens is 232 g/mol. The van der Waals surface area contributed by atoms with Crippen molar-refractivity contribution in [2.75, 3.05) is 25.1 Å². The first kappa shape index (κ1) is 14.4. The first-order chi connectivity index (χ1) is 8.54. The van der Waals surface area contributed by atoms with Crippen molar-refractivity contribution >= 4 is 11.9 Å². The Morgan fingerprint density at radius 2 is 2.06 bits per heavy atom. The van der Waals surface area contributed by atoms with Crippen LogP contribution in [0.3, 0.4) is 0 Å². The van der Waals surface area contributed by atoms with Crippen LogP contribution >= 0.6 is 0 Å². The molecule has 1 aromatic rings. The molecule has 2 N–H and O–H groups in total. The van der Waals surface area contributed by atoms with Crippen LogP contribution in [0.15, 0.2) is 18.5 Å². The van der Waals surface area contributed by atoms with Crippen LogP contribution in [-0.2, 0) is 4.79 Å². The van der Waals surface area contributed by atoms with Gasteiger partial charge in [-0.3, -0.25) is 4.79 Å². The standard InChI is InChI=1S/C12H20N4O2/c1-9(2)10(8-17)15-11(18)7-16(3)12-13-5-4-6-14-12/h4-6,9-10,17H,7-8H2,1-3H3,(H,15,18)/t10-/m1/s1. The topological polar surface area (TPSA) is 78.4 Å². The van der Waals surface area contributed by atoms with E-state index in [1.165, 1.54) is 0 Å². The molecule has 0 aromatic carbocycles. The first-order valence-corrected chi connectivity index (χ1v) is 5.93. The molecule has 1 amide bonds. The van der Waals surface area contributed by atoms with Gasteiger partial charge in [0.05, 0.1) is 19.2 Å². The zero-order chi connectivity index (χ0) is 13.5. The Morgan fingerprint density at radius 1 is 1.44 bits per heavy atom. The summed E-state index contributed by atoms with van der Waals surface area (Å²) in [7, 11) is 1.75. The second kappa shape index (κ2) is 6.90. The molecular formula is C12H20N4O2. The summed E-state index contributed by atoms with van der Waals surface area (Å²) >= 11 is 0. The average Bonchev–Trinajstić information content (AvgIpc) is 2.36. The minimum Gasteiger partial charge on any atom is -0.394 e. The molecule has 0 spiro atoms. The quantitative estimate of drug-likeness (QED) is 0.747. The molecule has 1 heterocycles. The Morgan fingerprint density at radius 3 is 2.56 bits per heavy atom. The molecule has 0 fully saturated rings. The van der Waals surface area contributed by atoms with Gasteiger partial charge in [0.1, 0.15) is 0 Å². The summed E-state index contributed by atoms with van der Waals surface area (Å²) in [5.74, 6) is 0.535. The van der Waals surface area contributed by atoms with Crippen molar-refractivity contribution in [1.82, 2.24) is 15.3 Å². The highest BCUT2D eigenvalue weighted by Crippen LogP contribution is 2.03. The second-order valence-corrected chi connectivity index (χ2v) is 4.51. The summed E-state index contributed by atoms with van der Waals surface area (Å²) in [5, 5.41) is 11.9. The summed E-state index contributed by atoms with van der Waals surface area (Å²) in [6, 6.07) is 1.50. The fourth-order valence-corrected chi connectivity index (χ4v) is 1.45. The normalized spacial score (nSPS) is 12.3. The number of likely N-dealkylation sites (N-methyl/N-ethyl adjacent to an activating group) is 1. The van der Waals surface area contributed by atoms with Crippen molar-refractivity contribution in [2.24, 2.45) is 5.92 Å². The molecule has 0 unspecified atom stereocenters. The lowest BCUT2D eigenvalue weighted by Crippen LogP contribution is -2.45. The predicted octanol–water partition coefficient (Wildman–Crippen LogP) is 0.0459. The number of rotatable bonds is 6. The number of aliphatic hydroxyl groups is 1. The Bertz CT molecular complexity index is 370. The monoisotopic (exact) mass is 252 g/mol. The third kappa shape index (κ3) is 4.29. The summed E-state index contributed by atoms with van der Waals surface area (Å²) < 4.78 is 0. The fraction of sp³-hybridized carbons (Fsp3) is 0.583. The van der Waals surface area contributed by atoms with Gasteiger partial charge >= 0.3 is 0 Å². The number of anilines is 1. The number of carbonyl (C=O) groups is 1. The first-order valence-electron chi connectivity index (χ1n) is 5.93. The zero-order valence-corrected chi connectivity index (χ0v) is 11.0. The smallest absolute Gasteiger partial charge is 0.239 e. The van der Waals surface area contributed by atoms with E-state index in [2.05, 4.69) is 15.3 Å². The van der Waals surface area contributed by atoms with Gasteiger partial charge in [-0.2, -0.15) is 0 Å². The van der Waals surface area contributed by atoms with Crippen molar-refractivity contribution in [1.29, 1.82) is 0 Å². The van der Waals surface area contributed by atoms with Crippen molar-refractivity contribution in [3.8, 4) is 0 Å². The highest BCUT2D eigenvalue weighted by atomic mass is 16.3. The van der Waals surface area contributed by atoms with E-state index < -0.39 is 0 Å². The lowest BCUT2D eigenvalue weighted by Gasteiger charge is -2.22. The van der Waals surface area contributed by atoms with Crippen LogP contribution in [0, 0.1) is 5.92 Å². The van der Waals surface area contributed by atoms with E-state index in [-0.39, 0.29) is 31.0 Å². The molecule has 1 rings (SSSR count). The van der Waals surface area contributed by atoms with Gasteiger partial charge in [-0.1, -0.05) is 13.8 Å². The lowest BCUT2D eigenvalue weighted by molar-refractivity contribution is -0.121. The highest BCUT2D eigenvalue weighted by Gasteiger charge is 2.16. The summed E-state index contributed by atoms with van der Waals surface area (Å²) in [6.45, 7) is 4.00. The molecule has 6 nitrogen and oxygen atoms in total. The highest BCUT2D eigenvalue weighted by molar-refractivity contribution is 5.80. The van der Waals surface area contributed by atoms with Crippen LogP contribution in [0.4, 0.5) is 5.95 Å². The third-order valence-corrected chi connectivity index (χ3v) is 2.62. The van der Waals surface area contributed by atoms with Crippen molar-refractivity contribution in [2.45, 2.75) is 19.9 Å². The number of carbonyl (C=O) groups excluding carboxylic acids is 1. The van der Waals surface area contributed by atoms with Gasteiger partial charge in [-0.05, 0) is 12.0 Å². The Labute approximate surface area is 107 Å². The molecule has 100 valence electrons. The van der Waals surface area contributed by atoms with Gasteiger partial charge in [-0.15, -0.1) is 0 Å². The minimum atomic E-state index is -0.220. The van der Waals surface area contributed by atoms with E-state index in [1.807, 2.05) is 13.8 Å². The molecule has 0 radical (unpaired) electrons. The van der Waals surface area contributed by atoms with Crippen molar-refractivity contribution in [3.63, 3.8) is 0 Å². The summed E-state index contributed by atoms with van der Waals surface area (Å²) in [5.41, 5.74) is 0. The number of hydrogen-bond donors (Lipinski definition) is 2. The fourth-order valence-electron chi connectivity index (χ4n) is 1.45. The van der Waals surface area contributed by atoms with E-state index in [0.717, 1.165) is 0 Å². The number of hydrogen-bond acceptors (Lipinski definition) is 5. The molecule has 0 aliphatic rings. The van der Waals surface area contributed by atoms with Gasteiger partial charge in [0, 0.05) is 19.4 Å². The summed E-state index contributed by atoms with van der Waals surface area (Å²) in [6.07, 6.45) is 3.25. The number of aliphatic hydroxyl groups excluding tert-OH is 1. The Hall–Kier alpha value is -1.69. The minimum absolute atomic E-state index is 0.0606. The number of amides is 1. The van der Waals surface area contributed by atoms with Crippen molar-refractivity contribution < 1.29 is 9.90 Å². The maximum absolute atomic E-state index is 11.8. The van der Waals surface area contributed by atoms with E-state index in [9.17, 15) is 4.79 Å². The predicted molar refractivity (Wildman–Crippen MR) is 69.2 cm³/mol. The van der Waals surface area contributed by atoms with Crippen LogP contribution in [-0.4, -0.2) is 47.2 Å². The van der Waals surface area contributed by atoms with E-state index in [4.69, 9.17) is 5.11 Å². The molecule has 1 atom stereocenters. The largest absolute Gasteiger partial charge is 0.394 e. The molecule has 6 heteroatoms. The molecule has 0 aliphatic heterocycles. The SMILES string of the molecule is CC(C)[C@@H](CO)NC(=O)CN(C)c1ncccn1. The van der Waals surface area contributed by atoms with E-state index in [1.54, 1.807) is 30.4 Å². The van der Waals surface area contributed by atoms with Crippen LogP contribution in [0.1, 0.15) is 13.8 Å². The molecule has 0 aliphatic carbocycles. The van der Waals surface area contributed by atoms with Crippen LogP contribution < -0.4 is 10.2 Å². The van der Waals surface area contributed by atoms with Gasteiger partial charge in [0.25, 0.3) is 0 Å². The molecule has 0 saturated heterocycles. The maximum atomic E-state index is 11.8. The van der Waals surface area contributed by atoms with E-state index in [0.29, 0.717) is 5.95 Å². The lowest BCUT2D eigenvalue weighted by atomic mass is 10.1. The molecule has 1 aromatic heterocycles. The van der Waals surface area contributed by atoms with Crippen LogP contribution in [0.5, 0.6) is 0 Å². The molecule has 18 heavy (non-hydrogen) atoms. The van der Waals surface area contributed by atoms with Crippen LogP contribution in [0.25, 0.3) is 0 Å². The molecule has 0 saturated carbocycles. The number of aromatic nitrogens is 2. The van der Waals surface area contributed by atoms with Gasteiger partial charge in [0.2, 0.25) is 11.9 Å². The van der Waals surface area contributed by atoms with Crippen molar-refractivity contribution in [3.05, 3.63) is 18.5 Å². The number of nitrogens with one attached hydrogen (secondary N) is 1. The number of nitrogens with zero attached hydrogens (tertiary/aromatic N) is 3. The van der Waals surface area contributed by atoms with Gasteiger partial charge in [0.15, 0.2) is 0 Å². The third-order valence-electron chi connectivity index (χ3n) is 2.62. The Balaban J connectivity index is 2.50. The molecule has 0 bridgehead atoms. The van der Waals surface area contributed by atoms with Gasteiger partial charge < -0.3 is 15.3 Å². The average molecular weight is 252 g/mol. The van der Waals surface area contributed by atoms with Crippen LogP contribution in [0.2, 0.25) is 0 Å².